The van der Waals surface area contributed by atoms with E-state index in [1.807, 2.05) is 20.9 Å². The minimum atomic E-state index is -0.247. The van der Waals surface area contributed by atoms with Crippen LogP contribution in [0.3, 0.4) is 0 Å². The molecule has 0 saturated heterocycles. The Hall–Kier alpha value is -1.11. The van der Waals surface area contributed by atoms with E-state index in [1.165, 1.54) is 4.68 Å². The summed E-state index contributed by atoms with van der Waals surface area (Å²) in [4.78, 5) is 14.2. The van der Waals surface area contributed by atoms with E-state index in [0.717, 1.165) is 13.1 Å². The van der Waals surface area contributed by atoms with Crippen LogP contribution in [-0.4, -0.2) is 55.1 Å². The van der Waals surface area contributed by atoms with E-state index in [2.05, 4.69) is 15.3 Å². The molecule has 120 valence electrons. The minimum Gasteiger partial charge on any atom is -0.383 e. The molecule has 1 N–H and O–H groups in total. The number of aromatic nitrogens is 2. The van der Waals surface area contributed by atoms with Gasteiger partial charge >= 0.3 is 0 Å². The lowest BCUT2D eigenvalue weighted by molar-refractivity contribution is 0.163. The summed E-state index contributed by atoms with van der Waals surface area (Å²) in [5, 5.41) is 7.50. The van der Waals surface area contributed by atoms with Gasteiger partial charge in [-0.05, 0) is 13.0 Å². The number of ether oxygens (including phenoxy) is 1. The highest BCUT2D eigenvalue weighted by Crippen LogP contribution is 2.15. The van der Waals surface area contributed by atoms with E-state index in [0.29, 0.717) is 31.3 Å². The second-order valence-corrected chi connectivity index (χ2v) is 5.85. The first-order chi connectivity index (χ1) is 9.95. The molecule has 0 unspecified atom stereocenters. The van der Waals surface area contributed by atoms with Crippen molar-refractivity contribution >= 4 is 17.3 Å². The lowest BCUT2D eigenvalue weighted by Crippen LogP contribution is -2.29. The molecule has 1 heterocycles. The molecule has 0 amide bonds. The molecule has 0 fully saturated rings. The van der Waals surface area contributed by atoms with Gasteiger partial charge in [-0.25, -0.2) is 4.68 Å². The summed E-state index contributed by atoms with van der Waals surface area (Å²) in [6.07, 6.45) is 1.61. The Morgan fingerprint density at radius 3 is 2.81 bits per heavy atom. The summed E-state index contributed by atoms with van der Waals surface area (Å²) in [5.74, 6) is 0.347. The maximum Gasteiger partial charge on any atom is 0.287 e. The second-order valence-electron chi connectivity index (χ2n) is 5.48. The van der Waals surface area contributed by atoms with Crippen molar-refractivity contribution in [3.05, 3.63) is 21.6 Å². The molecule has 0 bridgehead atoms. The molecule has 0 atom stereocenters. The van der Waals surface area contributed by atoms with Crippen molar-refractivity contribution in [1.29, 1.82) is 0 Å². The van der Waals surface area contributed by atoms with Gasteiger partial charge < -0.3 is 15.0 Å². The second kappa shape index (κ2) is 9.02. The Labute approximate surface area is 131 Å². The van der Waals surface area contributed by atoms with Crippen LogP contribution >= 0.6 is 11.6 Å². The Bertz CT molecular complexity index is 490. The number of hydrogen-bond acceptors (Lipinski definition) is 5. The number of nitrogens with one attached hydrogen (secondary N) is 1. The van der Waals surface area contributed by atoms with Gasteiger partial charge in [0.15, 0.2) is 0 Å². The number of methoxy groups -OCH3 is 1. The van der Waals surface area contributed by atoms with Crippen LogP contribution in [0.25, 0.3) is 0 Å². The average Bonchev–Trinajstić information content (AvgIpc) is 2.43. The monoisotopic (exact) mass is 316 g/mol. The number of likely N-dealkylation sites (N-methyl/N-ethyl adjacent to an activating group) is 1. The van der Waals surface area contributed by atoms with Crippen LogP contribution in [0.4, 0.5) is 5.69 Å². The highest BCUT2D eigenvalue weighted by atomic mass is 35.5. The van der Waals surface area contributed by atoms with Gasteiger partial charge in [-0.1, -0.05) is 25.4 Å². The van der Waals surface area contributed by atoms with Crippen LogP contribution < -0.4 is 10.9 Å². The van der Waals surface area contributed by atoms with Gasteiger partial charge in [0.05, 0.1) is 18.5 Å². The van der Waals surface area contributed by atoms with Crippen molar-refractivity contribution in [2.24, 2.45) is 5.92 Å². The molecule has 1 rings (SSSR count). The fourth-order valence-electron chi connectivity index (χ4n) is 1.80. The van der Waals surface area contributed by atoms with Crippen LogP contribution in [0.2, 0.25) is 5.02 Å². The molecule has 0 radical (unpaired) electrons. The molecule has 0 saturated carbocycles. The summed E-state index contributed by atoms with van der Waals surface area (Å²) in [5.41, 5.74) is 0.338. The first-order valence-corrected chi connectivity index (χ1v) is 7.50. The fourth-order valence-corrected chi connectivity index (χ4v) is 2.02. The molecule has 1 aromatic rings. The van der Waals surface area contributed by atoms with Crippen molar-refractivity contribution in [2.45, 2.75) is 20.4 Å². The van der Waals surface area contributed by atoms with Crippen LogP contribution in [0, 0.1) is 5.92 Å². The van der Waals surface area contributed by atoms with Crippen LogP contribution in [0.5, 0.6) is 0 Å². The highest BCUT2D eigenvalue weighted by Gasteiger charge is 2.10. The molecule has 7 heteroatoms. The van der Waals surface area contributed by atoms with Crippen LogP contribution in [0.1, 0.15) is 13.8 Å². The van der Waals surface area contributed by atoms with E-state index in [-0.39, 0.29) is 10.6 Å². The molecule has 1 aromatic heterocycles. The molecular formula is C14H25ClN4O2. The van der Waals surface area contributed by atoms with Gasteiger partial charge in [-0.15, -0.1) is 0 Å². The zero-order valence-corrected chi connectivity index (χ0v) is 14.0. The largest absolute Gasteiger partial charge is 0.383 e. The smallest absolute Gasteiger partial charge is 0.287 e. The molecule has 0 aromatic carbocycles. The number of anilines is 1. The first-order valence-electron chi connectivity index (χ1n) is 7.12. The molecule has 0 aliphatic heterocycles. The summed E-state index contributed by atoms with van der Waals surface area (Å²) >= 11 is 6.11. The number of hydrogen-bond donors (Lipinski definition) is 1. The molecule has 21 heavy (non-hydrogen) atoms. The molecule has 0 spiro atoms. The van der Waals surface area contributed by atoms with Crippen molar-refractivity contribution in [2.75, 3.05) is 45.7 Å². The van der Waals surface area contributed by atoms with E-state index >= 15 is 0 Å². The summed E-state index contributed by atoms with van der Waals surface area (Å²) < 4.78 is 6.43. The topological polar surface area (TPSA) is 59.4 Å². The Kier molecular flexibility index (Phi) is 7.71. The third kappa shape index (κ3) is 6.03. The third-order valence-electron chi connectivity index (χ3n) is 3.01. The lowest BCUT2D eigenvalue weighted by atomic mass is 10.2. The predicted molar refractivity (Wildman–Crippen MR) is 86.2 cm³/mol. The molecule has 0 aliphatic carbocycles. The van der Waals surface area contributed by atoms with Crippen LogP contribution in [0.15, 0.2) is 11.0 Å². The Balaban J connectivity index is 2.57. The number of nitrogens with zero attached hydrogens (tertiary/aromatic N) is 3. The van der Waals surface area contributed by atoms with Gasteiger partial charge in [0.1, 0.15) is 5.02 Å². The standard InChI is InChI=1S/C14H25ClN4O2/c1-11(2)10-19-14(20)13(15)12(9-17-19)16-5-6-18(3)7-8-21-4/h9,11,16H,5-8,10H2,1-4H3. The normalized spacial score (nSPS) is 11.4. The molecule has 6 nitrogen and oxygen atoms in total. The van der Waals surface area contributed by atoms with Crippen LogP contribution in [-0.2, 0) is 11.3 Å². The number of halogens is 1. The average molecular weight is 317 g/mol. The van der Waals surface area contributed by atoms with Gasteiger partial charge in [-0.2, -0.15) is 5.10 Å². The predicted octanol–water partition coefficient (Wildman–Crippen LogP) is 1.54. The van der Waals surface area contributed by atoms with Crippen molar-refractivity contribution in [3.8, 4) is 0 Å². The van der Waals surface area contributed by atoms with Gasteiger partial charge in [0, 0.05) is 33.3 Å². The quantitative estimate of drug-likeness (QED) is 0.749. The van der Waals surface area contributed by atoms with Gasteiger partial charge in [0.2, 0.25) is 0 Å². The highest BCUT2D eigenvalue weighted by molar-refractivity contribution is 6.32. The van der Waals surface area contributed by atoms with E-state index in [9.17, 15) is 4.79 Å². The summed E-state index contributed by atoms with van der Waals surface area (Å²) in [6.45, 7) is 7.71. The molecule has 0 aliphatic rings. The fraction of sp³-hybridized carbons (Fsp3) is 0.714. The van der Waals surface area contributed by atoms with Crippen molar-refractivity contribution in [1.82, 2.24) is 14.7 Å². The number of rotatable bonds is 9. The minimum absolute atomic E-state index is 0.199. The first kappa shape index (κ1) is 17.9. The zero-order valence-electron chi connectivity index (χ0n) is 13.2. The van der Waals surface area contributed by atoms with Crippen molar-refractivity contribution < 1.29 is 4.74 Å². The van der Waals surface area contributed by atoms with E-state index in [4.69, 9.17) is 16.3 Å². The van der Waals surface area contributed by atoms with E-state index in [1.54, 1.807) is 13.3 Å². The van der Waals surface area contributed by atoms with E-state index < -0.39 is 0 Å². The lowest BCUT2D eigenvalue weighted by Gasteiger charge is -2.17. The van der Waals surface area contributed by atoms with Crippen molar-refractivity contribution in [3.63, 3.8) is 0 Å². The zero-order chi connectivity index (χ0) is 15.8. The Morgan fingerprint density at radius 1 is 1.48 bits per heavy atom. The maximum absolute atomic E-state index is 12.1. The Morgan fingerprint density at radius 2 is 2.19 bits per heavy atom. The van der Waals surface area contributed by atoms with Gasteiger partial charge in [0.25, 0.3) is 5.56 Å². The van der Waals surface area contributed by atoms with Gasteiger partial charge in [-0.3, -0.25) is 4.79 Å². The maximum atomic E-state index is 12.1. The summed E-state index contributed by atoms with van der Waals surface area (Å²) in [7, 11) is 3.70. The SMILES string of the molecule is COCCN(C)CCNc1cnn(CC(C)C)c(=O)c1Cl. The molecular weight excluding hydrogens is 292 g/mol. The third-order valence-corrected chi connectivity index (χ3v) is 3.37. The summed E-state index contributed by atoms with van der Waals surface area (Å²) in [6, 6.07) is 0.